The predicted molar refractivity (Wildman–Crippen MR) is 84.2 cm³/mol. The van der Waals surface area contributed by atoms with Crippen molar-refractivity contribution >= 4 is 0 Å². The zero-order valence-corrected chi connectivity index (χ0v) is 12.8. The van der Waals surface area contributed by atoms with E-state index in [9.17, 15) is 0 Å². The molecular weight excluding hydrogens is 258 g/mol. The van der Waals surface area contributed by atoms with Gasteiger partial charge >= 0.3 is 0 Å². The molecule has 1 heterocycles. The Bertz CT molecular complexity index is 645. The maximum absolute atomic E-state index is 4.55. The van der Waals surface area contributed by atoms with E-state index in [-0.39, 0.29) is 0 Å². The summed E-state index contributed by atoms with van der Waals surface area (Å²) in [5.41, 5.74) is 4.39. The van der Waals surface area contributed by atoms with E-state index in [2.05, 4.69) is 47.8 Å². The van der Waals surface area contributed by atoms with Crippen LogP contribution in [0.25, 0.3) is 0 Å². The van der Waals surface area contributed by atoms with Crippen LogP contribution in [0, 0.1) is 11.8 Å². The van der Waals surface area contributed by atoms with Gasteiger partial charge in [-0.15, -0.1) is 0 Å². The Morgan fingerprint density at radius 1 is 1.33 bits per heavy atom. The van der Waals surface area contributed by atoms with Crippen LogP contribution in [0.4, 0.5) is 0 Å². The second-order valence-electron chi connectivity index (χ2n) is 6.58. The molecule has 110 valence electrons. The second-order valence-corrected chi connectivity index (χ2v) is 6.58. The molecule has 0 amide bonds. The monoisotopic (exact) mass is 281 g/mol. The molecule has 4 atom stereocenters. The van der Waals surface area contributed by atoms with E-state index < -0.39 is 0 Å². The molecule has 0 bridgehead atoms. The molecule has 0 aliphatic heterocycles. The van der Waals surface area contributed by atoms with Crippen LogP contribution in [-0.4, -0.2) is 22.9 Å². The van der Waals surface area contributed by atoms with Crippen molar-refractivity contribution in [3.63, 3.8) is 0 Å². The fourth-order valence-electron chi connectivity index (χ4n) is 4.40. The first-order valence-electron chi connectivity index (χ1n) is 8.01. The molecule has 1 aromatic carbocycles. The summed E-state index contributed by atoms with van der Waals surface area (Å²) in [6.45, 7) is 0. The van der Waals surface area contributed by atoms with E-state index in [1.165, 1.54) is 18.5 Å². The van der Waals surface area contributed by atoms with Crippen molar-refractivity contribution in [2.75, 3.05) is 7.05 Å². The first kappa shape index (κ1) is 13.1. The maximum Gasteiger partial charge on any atom is 0.0640 e. The van der Waals surface area contributed by atoms with Crippen molar-refractivity contribution in [3.8, 4) is 0 Å². The van der Waals surface area contributed by atoms with Gasteiger partial charge in [-0.1, -0.05) is 24.3 Å². The lowest BCUT2D eigenvalue weighted by atomic mass is 9.92. The molecule has 0 spiro atoms. The highest BCUT2D eigenvalue weighted by atomic mass is 15.2. The molecule has 2 aromatic rings. The number of fused-ring (bicyclic) bond motifs is 3. The van der Waals surface area contributed by atoms with Crippen LogP contribution >= 0.6 is 0 Å². The van der Waals surface area contributed by atoms with E-state index >= 15 is 0 Å². The van der Waals surface area contributed by atoms with Crippen LogP contribution in [0.5, 0.6) is 0 Å². The fourth-order valence-corrected chi connectivity index (χ4v) is 4.40. The number of hydrogen-bond donors (Lipinski definition) is 1. The summed E-state index contributed by atoms with van der Waals surface area (Å²) in [5.74, 6) is 2.43. The molecule has 2 aliphatic rings. The van der Waals surface area contributed by atoms with Crippen molar-refractivity contribution < 1.29 is 0 Å². The van der Waals surface area contributed by atoms with Crippen LogP contribution in [0.15, 0.2) is 36.5 Å². The molecule has 2 aliphatic carbocycles. The molecule has 0 radical (unpaired) electrons. The summed E-state index contributed by atoms with van der Waals surface area (Å²) in [4.78, 5) is 0. The van der Waals surface area contributed by atoms with Crippen LogP contribution in [0.2, 0.25) is 0 Å². The third-order valence-electron chi connectivity index (χ3n) is 5.42. The van der Waals surface area contributed by atoms with Gasteiger partial charge in [-0.2, -0.15) is 5.10 Å². The van der Waals surface area contributed by atoms with Gasteiger partial charge in [-0.3, -0.25) is 4.68 Å². The van der Waals surface area contributed by atoms with E-state index in [0.29, 0.717) is 6.04 Å². The van der Waals surface area contributed by atoms with Gasteiger partial charge in [0, 0.05) is 25.7 Å². The smallest absolute Gasteiger partial charge is 0.0640 e. The average molecular weight is 281 g/mol. The Hall–Kier alpha value is -1.61. The van der Waals surface area contributed by atoms with Gasteiger partial charge in [0.15, 0.2) is 0 Å². The topological polar surface area (TPSA) is 29.9 Å². The summed E-state index contributed by atoms with van der Waals surface area (Å²) >= 11 is 0. The number of rotatable bonds is 4. The zero-order valence-electron chi connectivity index (χ0n) is 12.8. The van der Waals surface area contributed by atoms with Gasteiger partial charge in [0.1, 0.15) is 0 Å². The number of hydrogen-bond acceptors (Lipinski definition) is 2. The number of benzene rings is 1. The molecular formula is C18H23N3. The number of aryl methyl sites for hydroxylation is 2. The molecule has 4 unspecified atom stereocenters. The van der Waals surface area contributed by atoms with Crippen molar-refractivity contribution in [1.82, 2.24) is 15.1 Å². The minimum Gasteiger partial charge on any atom is -0.316 e. The first-order chi connectivity index (χ1) is 10.3. The summed E-state index contributed by atoms with van der Waals surface area (Å²) < 4.78 is 1.90. The number of nitrogens with one attached hydrogen (secondary N) is 1. The molecule has 0 saturated heterocycles. The number of nitrogens with zero attached hydrogens (tertiary/aromatic N) is 2. The highest BCUT2D eigenvalue weighted by Gasteiger charge is 2.55. The lowest BCUT2D eigenvalue weighted by Crippen LogP contribution is -2.31. The fraction of sp³-hybridized carbons (Fsp3) is 0.500. The SMILES string of the molecule is CNC(Cc1ccn(C)n1)C1C2CCc3ccccc3C21. The third kappa shape index (κ3) is 2.20. The molecule has 1 saturated carbocycles. The summed E-state index contributed by atoms with van der Waals surface area (Å²) in [7, 11) is 4.09. The quantitative estimate of drug-likeness (QED) is 0.933. The predicted octanol–water partition coefficient (Wildman–Crippen LogP) is 2.53. The van der Waals surface area contributed by atoms with Crippen molar-refractivity contribution in [1.29, 1.82) is 0 Å². The minimum absolute atomic E-state index is 0.543. The number of aromatic nitrogens is 2. The zero-order chi connectivity index (χ0) is 14.4. The van der Waals surface area contributed by atoms with Crippen LogP contribution in [0.3, 0.4) is 0 Å². The lowest BCUT2D eigenvalue weighted by Gasteiger charge is -2.15. The molecule has 3 nitrogen and oxygen atoms in total. The minimum atomic E-state index is 0.543. The van der Waals surface area contributed by atoms with Gasteiger partial charge in [-0.05, 0) is 54.8 Å². The van der Waals surface area contributed by atoms with E-state index in [1.54, 1.807) is 11.1 Å². The van der Waals surface area contributed by atoms with Gasteiger partial charge in [0.25, 0.3) is 0 Å². The normalized spacial score (nSPS) is 27.8. The Labute approximate surface area is 126 Å². The van der Waals surface area contributed by atoms with Crippen molar-refractivity contribution in [3.05, 3.63) is 53.3 Å². The van der Waals surface area contributed by atoms with E-state index in [0.717, 1.165) is 24.2 Å². The lowest BCUT2D eigenvalue weighted by molar-refractivity contribution is 0.458. The van der Waals surface area contributed by atoms with Gasteiger partial charge in [-0.25, -0.2) is 0 Å². The van der Waals surface area contributed by atoms with Gasteiger partial charge in [0.2, 0.25) is 0 Å². The van der Waals surface area contributed by atoms with Gasteiger partial charge < -0.3 is 5.32 Å². The van der Waals surface area contributed by atoms with Crippen molar-refractivity contribution in [2.45, 2.75) is 31.2 Å². The van der Waals surface area contributed by atoms with Crippen LogP contribution in [0.1, 0.15) is 29.2 Å². The third-order valence-corrected chi connectivity index (χ3v) is 5.42. The van der Waals surface area contributed by atoms with Crippen molar-refractivity contribution in [2.24, 2.45) is 18.9 Å². The Morgan fingerprint density at radius 3 is 2.95 bits per heavy atom. The van der Waals surface area contributed by atoms with Crippen LogP contribution in [-0.2, 0) is 19.9 Å². The molecule has 21 heavy (non-hydrogen) atoms. The standard InChI is InChI=1S/C18H23N3/c1-19-16(11-13-9-10-21(2)20-13)18-15-8-7-12-5-3-4-6-14(12)17(15)18/h3-6,9-10,15-19H,7-8,11H2,1-2H3. The molecule has 1 aromatic heterocycles. The largest absolute Gasteiger partial charge is 0.316 e. The molecule has 4 rings (SSSR count). The van der Waals surface area contributed by atoms with E-state index in [1.807, 2.05) is 17.9 Å². The van der Waals surface area contributed by atoms with Crippen LogP contribution < -0.4 is 5.32 Å². The molecule has 3 heteroatoms. The Kier molecular flexibility index (Phi) is 3.11. The average Bonchev–Trinajstić information content (AvgIpc) is 3.11. The Morgan fingerprint density at radius 2 is 2.19 bits per heavy atom. The summed E-state index contributed by atoms with van der Waals surface area (Å²) in [5, 5.41) is 8.11. The second kappa shape index (κ2) is 4.99. The first-order valence-corrected chi connectivity index (χ1v) is 8.01. The Balaban J connectivity index is 1.54. The van der Waals surface area contributed by atoms with Gasteiger partial charge in [0.05, 0.1) is 5.69 Å². The molecule has 1 fully saturated rings. The van der Waals surface area contributed by atoms with E-state index in [4.69, 9.17) is 0 Å². The highest BCUT2D eigenvalue weighted by Crippen LogP contribution is 2.61. The number of likely N-dealkylation sites (N-methyl/N-ethyl adjacent to an activating group) is 1. The highest BCUT2D eigenvalue weighted by molar-refractivity contribution is 5.40. The molecule has 1 N–H and O–H groups in total. The maximum atomic E-state index is 4.55. The summed E-state index contributed by atoms with van der Waals surface area (Å²) in [6, 6.07) is 11.7. The summed E-state index contributed by atoms with van der Waals surface area (Å²) in [6.07, 6.45) is 5.69.